The Kier molecular flexibility index (Phi) is 5.97. The third-order valence-electron chi connectivity index (χ3n) is 0.697. The fourth-order valence-corrected chi connectivity index (χ4v) is 0.373. The number of methoxy groups -OCH3 is 1. The van der Waals surface area contributed by atoms with Crippen molar-refractivity contribution in [1.29, 1.82) is 0 Å². The molecule has 0 saturated carbocycles. The topological polar surface area (TPSA) is 35.5 Å². The number of carbonyl (C=O) groups is 1. The molecule has 0 aliphatic heterocycles. The summed E-state index contributed by atoms with van der Waals surface area (Å²) in [7, 11) is 1.30. The van der Waals surface area contributed by atoms with E-state index in [0.717, 1.165) is 0 Å². The van der Waals surface area contributed by atoms with E-state index in [9.17, 15) is 4.79 Å². The Hall–Kier alpha value is -0.700. The minimum atomic E-state index is -0.436. The van der Waals surface area contributed by atoms with Crippen LogP contribution in [0.3, 0.4) is 0 Å². The van der Waals surface area contributed by atoms with Crippen LogP contribution < -0.4 is 0 Å². The zero-order valence-electron chi connectivity index (χ0n) is 5.67. The van der Waals surface area contributed by atoms with Crippen LogP contribution in [-0.4, -0.2) is 25.6 Å². The van der Waals surface area contributed by atoms with Crippen molar-refractivity contribution >= 4 is 17.6 Å². The average Bonchev–Trinajstić information content (AvgIpc) is 1.98. The summed E-state index contributed by atoms with van der Waals surface area (Å²) in [6.07, 6.45) is 2.45. The molecule has 0 atom stereocenters. The molecule has 0 aromatic rings. The van der Waals surface area contributed by atoms with E-state index in [2.05, 4.69) is 4.74 Å². The molecule has 0 heterocycles. The minimum absolute atomic E-state index is 0.398. The van der Waals surface area contributed by atoms with Crippen LogP contribution in [0, 0.1) is 0 Å². The normalized spacial score (nSPS) is 9.80. The fraction of sp³-hybridized carbons (Fsp3) is 0.500. The first-order chi connectivity index (χ1) is 4.81. The van der Waals surface area contributed by atoms with Gasteiger partial charge in [0.2, 0.25) is 0 Å². The van der Waals surface area contributed by atoms with Gasteiger partial charge in [0.1, 0.15) is 6.61 Å². The number of ether oxygens (including phenoxy) is 2. The number of alkyl halides is 1. The summed E-state index contributed by atoms with van der Waals surface area (Å²) in [5, 5.41) is 0. The van der Waals surface area contributed by atoms with Crippen molar-refractivity contribution in [3.63, 3.8) is 0 Å². The van der Waals surface area contributed by atoms with Gasteiger partial charge in [0, 0.05) is 0 Å². The van der Waals surface area contributed by atoms with E-state index in [1.807, 2.05) is 0 Å². The van der Waals surface area contributed by atoms with Crippen LogP contribution in [-0.2, 0) is 14.3 Å². The Balaban J connectivity index is 3.27. The lowest BCUT2D eigenvalue weighted by Gasteiger charge is -1.93. The highest BCUT2D eigenvalue weighted by atomic mass is 35.5. The standard InChI is InChI=1S/C6H9ClO3/c1-9-6(8)2-4-10-5-3-7/h2,4H,3,5H2,1H3/b4-2-. The molecule has 10 heavy (non-hydrogen) atoms. The van der Waals surface area contributed by atoms with Crippen molar-refractivity contribution in [2.75, 3.05) is 19.6 Å². The van der Waals surface area contributed by atoms with E-state index in [4.69, 9.17) is 16.3 Å². The molecule has 0 fully saturated rings. The lowest BCUT2D eigenvalue weighted by molar-refractivity contribution is -0.134. The van der Waals surface area contributed by atoms with Crippen LogP contribution in [0.15, 0.2) is 12.3 Å². The first kappa shape index (κ1) is 9.30. The van der Waals surface area contributed by atoms with Crippen LogP contribution >= 0.6 is 11.6 Å². The molecule has 0 aliphatic carbocycles. The third kappa shape index (κ3) is 5.44. The summed E-state index contributed by atoms with van der Waals surface area (Å²) >= 11 is 5.28. The number of carbonyl (C=O) groups excluding carboxylic acids is 1. The number of esters is 1. The monoisotopic (exact) mass is 164 g/mol. The Morgan fingerprint density at radius 2 is 2.40 bits per heavy atom. The smallest absolute Gasteiger partial charge is 0.333 e. The maximum Gasteiger partial charge on any atom is 0.333 e. The molecular weight excluding hydrogens is 156 g/mol. The molecule has 0 unspecified atom stereocenters. The molecule has 0 spiro atoms. The first-order valence-corrected chi connectivity index (χ1v) is 3.26. The quantitative estimate of drug-likeness (QED) is 0.204. The highest BCUT2D eigenvalue weighted by Gasteiger charge is 1.88. The van der Waals surface area contributed by atoms with Gasteiger partial charge in [-0.2, -0.15) is 0 Å². The third-order valence-corrected chi connectivity index (χ3v) is 0.851. The predicted molar refractivity (Wildman–Crippen MR) is 37.8 cm³/mol. The van der Waals surface area contributed by atoms with Crippen molar-refractivity contribution in [3.05, 3.63) is 12.3 Å². The van der Waals surface area contributed by atoms with Crippen molar-refractivity contribution in [1.82, 2.24) is 0 Å². The second-order valence-corrected chi connectivity index (χ2v) is 1.76. The zero-order chi connectivity index (χ0) is 7.82. The second-order valence-electron chi connectivity index (χ2n) is 1.39. The molecule has 0 N–H and O–H groups in total. The van der Waals surface area contributed by atoms with E-state index in [1.165, 1.54) is 19.4 Å². The second kappa shape index (κ2) is 6.42. The predicted octanol–water partition coefficient (Wildman–Crippen LogP) is 0.928. The molecule has 3 nitrogen and oxygen atoms in total. The first-order valence-electron chi connectivity index (χ1n) is 2.73. The summed E-state index contributed by atoms with van der Waals surface area (Å²) in [6.45, 7) is 0.398. The summed E-state index contributed by atoms with van der Waals surface area (Å²) in [6, 6.07) is 0. The summed E-state index contributed by atoms with van der Waals surface area (Å²) in [4.78, 5) is 10.4. The molecule has 0 rings (SSSR count). The van der Waals surface area contributed by atoms with Crippen LogP contribution in [0.5, 0.6) is 0 Å². The summed E-state index contributed by atoms with van der Waals surface area (Å²) < 4.78 is 9.03. The zero-order valence-corrected chi connectivity index (χ0v) is 6.43. The van der Waals surface area contributed by atoms with Gasteiger partial charge < -0.3 is 9.47 Å². The van der Waals surface area contributed by atoms with Crippen molar-refractivity contribution < 1.29 is 14.3 Å². The lowest BCUT2D eigenvalue weighted by Crippen LogP contribution is -1.95. The van der Waals surface area contributed by atoms with Gasteiger partial charge in [-0.1, -0.05) is 0 Å². The molecule has 0 aromatic heterocycles. The van der Waals surface area contributed by atoms with Crippen LogP contribution in [0.25, 0.3) is 0 Å². The average molecular weight is 165 g/mol. The van der Waals surface area contributed by atoms with Crippen molar-refractivity contribution in [3.8, 4) is 0 Å². The molecule has 0 amide bonds. The molecule has 0 saturated heterocycles. The van der Waals surface area contributed by atoms with Gasteiger partial charge in [0.05, 0.1) is 25.3 Å². The maximum absolute atomic E-state index is 10.4. The van der Waals surface area contributed by atoms with Gasteiger partial charge in [0.15, 0.2) is 0 Å². The Morgan fingerprint density at radius 3 is 2.90 bits per heavy atom. The largest absolute Gasteiger partial charge is 0.500 e. The van der Waals surface area contributed by atoms with Crippen LogP contribution in [0.4, 0.5) is 0 Å². The minimum Gasteiger partial charge on any atom is -0.500 e. The number of hydrogen-bond donors (Lipinski definition) is 0. The molecule has 58 valence electrons. The van der Waals surface area contributed by atoms with Crippen LogP contribution in [0.2, 0.25) is 0 Å². The van der Waals surface area contributed by atoms with Gasteiger partial charge in [-0.05, 0) is 0 Å². The summed E-state index contributed by atoms with van der Waals surface area (Å²) in [5.41, 5.74) is 0. The number of hydrogen-bond acceptors (Lipinski definition) is 3. The number of rotatable bonds is 4. The van der Waals surface area contributed by atoms with Gasteiger partial charge in [-0.15, -0.1) is 11.6 Å². The fourth-order valence-electron chi connectivity index (χ4n) is 0.284. The molecule has 0 radical (unpaired) electrons. The van der Waals surface area contributed by atoms with Crippen molar-refractivity contribution in [2.24, 2.45) is 0 Å². The van der Waals surface area contributed by atoms with Gasteiger partial charge in [-0.3, -0.25) is 0 Å². The van der Waals surface area contributed by atoms with Gasteiger partial charge >= 0.3 is 5.97 Å². The number of halogens is 1. The highest BCUT2D eigenvalue weighted by molar-refractivity contribution is 6.17. The molecule has 0 bridgehead atoms. The van der Waals surface area contributed by atoms with Crippen molar-refractivity contribution in [2.45, 2.75) is 0 Å². The summed E-state index contributed by atoms with van der Waals surface area (Å²) in [5.74, 6) is -0.0273. The Labute approximate surface area is 64.6 Å². The molecule has 4 heteroatoms. The van der Waals surface area contributed by atoms with E-state index in [1.54, 1.807) is 0 Å². The van der Waals surface area contributed by atoms with E-state index < -0.39 is 5.97 Å². The van der Waals surface area contributed by atoms with Crippen LogP contribution in [0.1, 0.15) is 0 Å². The van der Waals surface area contributed by atoms with E-state index in [-0.39, 0.29) is 0 Å². The Bertz CT molecular complexity index is 122. The molecular formula is C6H9ClO3. The van der Waals surface area contributed by atoms with Gasteiger partial charge in [0.25, 0.3) is 0 Å². The van der Waals surface area contributed by atoms with E-state index in [0.29, 0.717) is 12.5 Å². The van der Waals surface area contributed by atoms with E-state index >= 15 is 0 Å². The highest BCUT2D eigenvalue weighted by Crippen LogP contribution is 1.82. The lowest BCUT2D eigenvalue weighted by atomic mass is 10.6. The maximum atomic E-state index is 10.4. The Morgan fingerprint density at radius 1 is 1.70 bits per heavy atom. The van der Waals surface area contributed by atoms with Gasteiger partial charge in [-0.25, -0.2) is 4.79 Å². The molecule has 0 aromatic carbocycles. The molecule has 0 aliphatic rings. The SMILES string of the molecule is COC(=O)/C=C\OCCCl.